The Kier molecular flexibility index (Phi) is 6.64. The number of hydrogen-bond acceptors (Lipinski definition) is 3. The summed E-state index contributed by atoms with van der Waals surface area (Å²) >= 11 is 0. The Labute approximate surface area is 167 Å². The van der Waals surface area contributed by atoms with Gasteiger partial charge in [0.1, 0.15) is 11.9 Å². The van der Waals surface area contributed by atoms with Gasteiger partial charge in [-0.15, -0.1) is 0 Å². The van der Waals surface area contributed by atoms with Crippen LogP contribution in [0.5, 0.6) is 0 Å². The maximum atomic E-state index is 5.94. The molecule has 1 aliphatic rings. The number of allylic oxidation sites excluding steroid dienone is 3. The third-order valence-corrected chi connectivity index (χ3v) is 4.85. The molecular formula is C25H26O3. The van der Waals surface area contributed by atoms with Gasteiger partial charge in [-0.1, -0.05) is 78.9 Å². The van der Waals surface area contributed by atoms with E-state index in [9.17, 15) is 0 Å². The molecule has 2 atom stereocenters. The Morgan fingerprint density at radius 2 is 1.39 bits per heavy atom. The van der Waals surface area contributed by atoms with Crippen molar-refractivity contribution in [3.63, 3.8) is 0 Å². The molecule has 0 amide bonds. The van der Waals surface area contributed by atoms with Gasteiger partial charge in [-0.2, -0.15) is 0 Å². The van der Waals surface area contributed by atoms with Crippen LogP contribution in [0.25, 0.3) is 12.2 Å². The fourth-order valence-corrected chi connectivity index (χ4v) is 3.32. The summed E-state index contributed by atoms with van der Waals surface area (Å²) < 4.78 is 17.5. The first-order valence-corrected chi connectivity index (χ1v) is 9.25. The average molecular weight is 374 g/mol. The van der Waals surface area contributed by atoms with E-state index in [0.717, 1.165) is 16.7 Å². The molecule has 0 heterocycles. The molecule has 1 aliphatic carbocycles. The molecule has 0 saturated heterocycles. The molecule has 2 aromatic rings. The minimum Gasteiger partial charge on any atom is -0.498 e. The molecule has 2 aromatic carbocycles. The monoisotopic (exact) mass is 374 g/mol. The summed E-state index contributed by atoms with van der Waals surface area (Å²) in [6.45, 7) is 0. The van der Waals surface area contributed by atoms with Crippen molar-refractivity contribution in [2.24, 2.45) is 0 Å². The quantitative estimate of drug-likeness (QED) is 0.660. The van der Waals surface area contributed by atoms with E-state index in [2.05, 4.69) is 30.4 Å². The highest BCUT2D eigenvalue weighted by molar-refractivity contribution is 5.58. The van der Waals surface area contributed by atoms with Gasteiger partial charge < -0.3 is 14.2 Å². The van der Waals surface area contributed by atoms with E-state index < -0.39 is 5.60 Å². The van der Waals surface area contributed by atoms with Crippen molar-refractivity contribution in [1.82, 2.24) is 0 Å². The molecule has 144 valence electrons. The van der Waals surface area contributed by atoms with Crippen LogP contribution in [0.3, 0.4) is 0 Å². The lowest BCUT2D eigenvalue weighted by Crippen LogP contribution is -2.46. The molecule has 0 aliphatic heterocycles. The summed E-state index contributed by atoms with van der Waals surface area (Å²) in [6, 6.07) is 20.3. The number of rotatable bonds is 7. The van der Waals surface area contributed by atoms with Crippen molar-refractivity contribution in [3.8, 4) is 0 Å². The van der Waals surface area contributed by atoms with Crippen LogP contribution in [-0.2, 0) is 14.2 Å². The van der Waals surface area contributed by atoms with Gasteiger partial charge in [0.25, 0.3) is 0 Å². The molecule has 28 heavy (non-hydrogen) atoms. The maximum Gasteiger partial charge on any atom is 0.172 e. The molecule has 2 unspecified atom stereocenters. The molecule has 3 heteroatoms. The van der Waals surface area contributed by atoms with Gasteiger partial charge in [0.2, 0.25) is 0 Å². The lowest BCUT2D eigenvalue weighted by atomic mass is 9.85. The van der Waals surface area contributed by atoms with Crippen LogP contribution in [0.15, 0.2) is 96.3 Å². The molecule has 0 N–H and O–H groups in total. The highest BCUT2D eigenvalue weighted by atomic mass is 16.6. The van der Waals surface area contributed by atoms with Gasteiger partial charge in [0.15, 0.2) is 5.60 Å². The van der Waals surface area contributed by atoms with E-state index in [0.29, 0.717) is 5.76 Å². The van der Waals surface area contributed by atoms with E-state index in [1.165, 1.54) is 0 Å². The molecule has 0 saturated carbocycles. The summed E-state index contributed by atoms with van der Waals surface area (Å²) in [7, 11) is 5.02. The first-order valence-electron chi connectivity index (χ1n) is 9.25. The largest absolute Gasteiger partial charge is 0.498 e. The van der Waals surface area contributed by atoms with Gasteiger partial charge in [-0.25, -0.2) is 0 Å². The Hall–Kier alpha value is -2.88. The van der Waals surface area contributed by atoms with Crippen molar-refractivity contribution in [3.05, 3.63) is 107 Å². The highest BCUT2D eigenvalue weighted by Crippen LogP contribution is 2.36. The summed E-state index contributed by atoms with van der Waals surface area (Å²) in [5.41, 5.74) is 2.40. The van der Waals surface area contributed by atoms with Crippen LogP contribution in [0, 0.1) is 0 Å². The molecule has 0 bridgehead atoms. The first kappa shape index (κ1) is 19.9. The normalized spacial score (nSPS) is 22.3. The van der Waals surface area contributed by atoms with Crippen molar-refractivity contribution >= 4 is 12.2 Å². The summed E-state index contributed by atoms with van der Waals surface area (Å²) in [6.07, 6.45) is 11.9. The summed E-state index contributed by atoms with van der Waals surface area (Å²) in [5, 5.41) is 0. The Bertz CT molecular complexity index is 879. The molecule has 3 nitrogen and oxygen atoms in total. The topological polar surface area (TPSA) is 27.7 Å². The van der Waals surface area contributed by atoms with Gasteiger partial charge in [0, 0.05) is 14.2 Å². The van der Waals surface area contributed by atoms with Gasteiger partial charge in [-0.3, -0.25) is 0 Å². The zero-order chi connectivity index (χ0) is 19.8. The molecule has 0 radical (unpaired) electrons. The minimum absolute atomic E-state index is 0.326. The fourth-order valence-electron chi connectivity index (χ4n) is 3.32. The van der Waals surface area contributed by atoms with Crippen LogP contribution in [0.4, 0.5) is 0 Å². The lowest BCUT2D eigenvalue weighted by molar-refractivity contribution is -0.0689. The van der Waals surface area contributed by atoms with Crippen LogP contribution in [0.1, 0.15) is 11.1 Å². The smallest absolute Gasteiger partial charge is 0.172 e. The molecule has 0 aromatic heterocycles. The average Bonchev–Trinajstić information content (AvgIpc) is 2.77. The SMILES string of the molecule is COC1=CC(C=Cc2ccccc2)=CC(OC)C1(C=Cc1ccccc1)OC. The van der Waals surface area contributed by atoms with Crippen LogP contribution < -0.4 is 0 Å². The predicted molar refractivity (Wildman–Crippen MR) is 115 cm³/mol. The number of methoxy groups -OCH3 is 3. The zero-order valence-corrected chi connectivity index (χ0v) is 16.5. The van der Waals surface area contributed by atoms with Crippen molar-refractivity contribution in [2.45, 2.75) is 11.7 Å². The van der Waals surface area contributed by atoms with Crippen molar-refractivity contribution in [2.75, 3.05) is 21.3 Å². The molecule has 0 spiro atoms. The van der Waals surface area contributed by atoms with Crippen molar-refractivity contribution in [1.29, 1.82) is 0 Å². The third kappa shape index (κ3) is 4.33. The van der Waals surface area contributed by atoms with E-state index in [1.54, 1.807) is 21.3 Å². The Balaban J connectivity index is 1.94. The second-order valence-electron chi connectivity index (χ2n) is 6.52. The second-order valence-corrected chi connectivity index (χ2v) is 6.52. The fraction of sp³-hybridized carbons (Fsp3) is 0.200. The van der Waals surface area contributed by atoms with Crippen LogP contribution >= 0.6 is 0 Å². The predicted octanol–water partition coefficient (Wildman–Crippen LogP) is 5.28. The zero-order valence-electron chi connectivity index (χ0n) is 16.5. The van der Waals surface area contributed by atoms with Crippen LogP contribution in [0.2, 0.25) is 0 Å². The van der Waals surface area contributed by atoms with E-state index in [1.807, 2.05) is 66.8 Å². The Morgan fingerprint density at radius 1 is 0.786 bits per heavy atom. The lowest BCUT2D eigenvalue weighted by Gasteiger charge is -2.38. The molecular weight excluding hydrogens is 348 g/mol. The maximum absolute atomic E-state index is 5.94. The number of hydrogen-bond donors (Lipinski definition) is 0. The van der Waals surface area contributed by atoms with E-state index in [4.69, 9.17) is 14.2 Å². The first-order chi connectivity index (χ1) is 13.7. The summed E-state index contributed by atoms with van der Waals surface area (Å²) in [5.74, 6) is 0.698. The molecule has 3 rings (SSSR count). The van der Waals surface area contributed by atoms with Crippen LogP contribution in [-0.4, -0.2) is 33.0 Å². The van der Waals surface area contributed by atoms with Gasteiger partial charge in [-0.05, 0) is 34.9 Å². The Morgan fingerprint density at radius 3 is 1.93 bits per heavy atom. The standard InChI is InChI=1S/C25H26O3/c1-26-23-18-22(15-14-20-10-6-4-7-11-20)19-24(27-2)25(23,28-3)17-16-21-12-8-5-9-13-21/h4-19,23H,1-3H3. The second kappa shape index (κ2) is 9.36. The highest BCUT2D eigenvalue weighted by Gasteiger charge is 2.43. The van der Waals surface area contributed by atoms with E-state index in [-0.39, 0.29) is 6.10 Å². The van der Waals surface area contributed by atoms with Crippen molar-refractivity contribution < 1.29 is 14.2 Å². The number of benzene rings is 2. The summed E-state index contributed by atoms with van der Waals surface area (Å²) in [4.78, 5) is 0. The van der Waals surface area contributed by atoms with E-state index >= 15 is 0 Å². The van der Waals surface area contributed by atoms with Gasteiger partial charge in [0.05, 0.1) is 7.11 Å². The van der Waals surface area contributed by atoms with Gasteiger partial charge >= 0.3 is 0 Å². The third-order valence-electron chi connectivity index (χ3n) is 4.85. The number of ether oxygens (including phenoxy) is 3. The molecule has 0 fully saturated rings. The minimum atomic E-state index is -0.830.